The highest BCUT2D eigenvalue weighted by Gasteiger charge is 2.34. The predicted octanol–water partition coefficient (Wildman–Crippen LogP) is 2.34. The number of alkyl halides is 3. The van der Waals surface area contributed by atoms with Crippen LogP contribution in [0.4, 0.5) is 13.2 Å². The Bertz CT molecular complexity index is 632. The molecule has 0 N–H and O–H groups in total. The lowest BCUT2D eigenvalue weighted by Gasteiger charge is -2.12. The van der Waals surface area contributed by atoms with E-state index in [2.05, 4.69) is 4.40 Å². The van der Waals surface area contributed by atoms with Crippen LogP contribution in [0.15, 0.2) is 39.8 Å². The quantitative estimate of drug-likeness (QED) is 0.833. The molecule has 1 aromatic rings. The highest BCUT2D eigenvalue weighted by molar-refractivity contribution is 7.93. The number of halogens is 3. The molecule has 0 spiro atoms. The first kappa shape index (κ1) is 12.6. The summed E-state index contributed by atoms with van der Waals surface area (Å²) in [6, 6.07) is 4.51. The number of hydrogen-bond acceptors (Lipinski definition) is 3. The highest BCUT2D eigenvalue weighted by Crippen LogP contribution is 2.36. The average molecular weight is 277 g/mol. The van der Waals surface area contributed by atoms with Crippen molar-refractivity contribution in [3.8, 4) is 5.75 Å². The zero-order valence-electron chi connectivity index (χ0n) is 8.68. The van der Waals surface area contributed by atoms with Gasteiger partial charge in [-0.3, -0.25) is 0 Å². The van der Waals surface area contributed by atoms with E-state index < -0.39 is 27.5 Å². The topological polar surface area (TPSA) is 55.7 Å². The number of para-hydroxylation sites is 1. The minimum atomic E-state index is -4.58. The van der Waals surface area contributed by atoms with Gasteiger partial charge in [0, 0.05) is 0 Å². The minimum absolute atomic E-state index is 0.258. The van der Waals surface area contributed by atoms with E-state index in [-0.39, 0.29) is 5.76 Å². The Morgan fingerprint density at radius 1 is 1.17 bits per heavy atom. The van der Waals surface area contributed by atoms with Crippen molar-refractivity contribution in [3.63, 3.8) is 0 Å². The molecule has 0 radical (unpaired) electrons. The van der Waals surface area contributed by atoms with Crippen LogP contribution < -0.4 is 4.74 Å². The molecule has 2 rings (SSSR count). The SMILES string of the molecule is O=S1(=O)C=C(Oc2ccccc2C(F)(F)F)C=N1. The fraction of sp³-hybridized carbons (Fsp3) is 0.100. The van der Waals surface area contributed by atoms with Gasteiger partial charge in [0.15, 0.2) is 5.76 Å². The fourth-order valence-corrected chi connectivity index (χ4v) is 2.01. The summed E-state index contributed by atoms with van der Waals surface area (Å²) in [4.78, 5) is 0. The van der Waals surface area contributed by atoms with E-state index >= 15 is 0 Å². The number of ether oxygens (including phenoxy) is 1. The van der Waals surface area contributed by atoms with E-state index in [1.54, 1.807) is 0 Å². The third-order valence-electron chi connectivity index (χ3n) is 2.01. The van der Waals surface area contributed by atoms with E-state index in [9.17, 15) is 21.6 Å². The van der Waals surface area contributed by atoms with Crippen LogP contribution in [0.5, 0.6) is 5.75 Å². The molecule has 1 aliphatic rings. The monoisotopic (exact) mass is 277 g/mol. The Labute approximate surface area is 100 Å². The summed E-state index contributed by atoms with van der Waals surface area (Å²) in [5, 5.41) is 0.653. The summed E-state index contributed by atoms with van der Waals surface area (Å²) < 4.78 is 67.7. The van der Waals surface area contributed by atoms with Crippen LogP contribution >= 0.6 is 0 Å². The maximum absolute atomic E-state index is 12.6. The molecule has 1 aromatic carbocycles. The Morgan fingerprint density at radius 3 is 2.39 bits per heavy atom. The van der Waals surface area contributed by atoms with Gasteiger partial charge in [-0.25, -0.2) is 0 Å². The normalized spacial score (nSPS) is 17.6. The van der Waals surface area contributed by atoms with Crippen molar-refractivity contribution >= 4 is 16.2 Å². The van der Waals surface area contributed by atoms with Crippen molar-refractivity contribution in [2.75, 3.05) is 0 Å². The van der Waals surface area contributed by atoms with E-state index in [1.165, 1.54) is 12.1 Å². The number of nitrogens with zero attached hydrogens (tertiary/aromatic N) is 1. The number of benzene rings is 1. The molecule has 0 saturated carbocycles. The molecule has 18 heavy (non-hydrogen) atoms. The third kappa shape index (κ3) is 2.70. The predicted molar refractivity (Wildman–Crippen MR) is 57.6 cm³/mol. The van der Waals surface area contributed by atoms with Crippen LogP contribution in [0.3, 0.4) is 0 Å². The van der Waals surface area contributed by atoms with Gasteiger partial charge in [-0.15, -0.1) is 0 Å². The van der Waals surface area contributed by atoms with Crippen LogP contribution in [0.25, 0.3) is 0 Å². The molecular weight excluding hydrogens is 271 g/mol. The van der Waals surface area contributed by atoms with Crippen molar-refractivity contribution in [1.29, 1.82) is 0 Å². The van der Waals surface area contributed by atoms with Crippen molar-refractivity contribution in [1.82, 2.24) is 0 Å². The van der Waals surface area contributed by atoms with Gasteiger partial charge in [-0.05, 0) is 12.1 Å². The average Bonchev–Trinajstić information content (AvgIpc) is 2.57. The van der Waals surface area contributed by atoms with Crippen molar-refractivity contribution in [3.05, 3.63) is 41.0 Å². The van der Waals surface area contributed by atoms with Crippen molar-refractivity contribution in [2.45, 2.75) is 6.18 Å². The van der Waals surface area contributed by atoms with Crippen molar-refractivity contribution in [2.24, 2.45) is 4.40 Å². The van der Waals surface area contributed by atoms with Gasteiger partial charge < -0.3 is 4.74 Å². The summed E-state index contributed by atoms with van der Waals surface area (Å²) in [5.74, 6) is -0.730. The van der Waals surface area contributed by atoms with Gasteiger partial charge in [-0.2, -0.15) is 26.0 Å². The van der Waals surface area contributed by atoms with Gasteiger partial charge in [0.2, 0.25) is 0 Å². The molecule has 0 atom stereocenters. The zero-order chi connectivity index (χ0) is 13.4. The van der Waals surface area contributed by atoms with Gasteiger partial charge in [0.25, 0.3) is 10.0 Å². The lowest BCUT2D eigenvalue weighted by Crippen LogP contribution is -2.08. The minimum Gasteiger partial charge on any atom is -0.454 e. The van der Waals surface area contributed by atoms with Crippen LogP contribution in [0, 0.1) is 0 Å². The lowest BCUT2D eigenvalue weighted by atomic mass is 10.2. The standard InChI is InChI=1S/C10H6F3NO3S/c11-10(12,13)8-3-1-2-4-9(8)17-7-5-14-18(15,16)6-7/h1-6H. The van der Waals surface area contributed by atoms with E-state index in [1.807, 2.05) is 0 Å². The number of allylic oxidation sites excluding steroid dienone is 1. The van der Waals surface area contributed by atoms with Gasteiger partial charge in [0.1, 0.15) is 5.75 Å². The molecule has 0 amide bonds. The third-order valence-corrected chi connectivity index (χ3v) is 2.94. The maximum atomic E-state index is 12.6. The number of rotatable bonds is 2. The lowest BCUT2D eigenvalue weighted by molar-refractivity contribution is -0.138. The molecule has 0 aromatic heterocycles. The Hall–Kier alpha value is -1.83. The van der Waals surface area contributed by atoms with Gasteiger partial charge in [0.05, 0.1) is 17.2 Å². The number of sulfonamides is 1. The van der Waals surface area contributed by atoms with E-state index in [0.717, 1.165) is 18.3 Å². The molecule has 8 heteroatoms. The Kier molecular flexibility index (Phi) is 2.89. The number of hydrogen-bond donors (Lipinski definition) is 0. The molecule has 1 heterocycles. The zero-order valence-corrected chi connectivity index (χ0v) is 9.49. The van der Waals surface area contributed by atoms with Crippen molar-refractivity contribution < 1.29 is 26.3 Å². The summed E-state index contributed by atoms with van der Waals surface area (Å²) in [6.07, 6.45) is -3.73. The molecule has 96 valence electrons. The second-order valence-electron chi connectivity index (χ2n) is 3.37. The summed E-state index contributed by atoms with van der Waals surface area (Å²) >= 11 is 0. The van der Waals surface area contributed by atoms with Gasteiger partial charge >= 0.3 is 6.18 Å². The smallest absolute Gasteiger partial charge is 0.419 e. The first-order valence-electron chi connectivity index (χ1n) is 4.64. The largest absolute Gasteiger partial charge is 0.454 e. The summed E-state index contributed by atoms with van der Waals surface area (Å²) in [7, 11) is -3.76. The molecular formula is C10H6F3NO3S. The van der Waals surface area contributed by atoms with E-state index in [4.69, 9.17) is 4.74 Å². The second-order valence-corrected chi connectivity index (χ2v) is 4.84. The summed E-state index contributed by atoms with van der Waals surface area (Å²) in [5.41, 5.74) is -0.983. The maximum Gasteiger partial charge on any atom is 0.419 e. The van der Waals surface area contributed by atoms with Crippen LogP contribution in [0.1, 0.15) is 5.56 Å². The highest BCUT2D eigenvalue weighted by atomic mass is 32.2. The fourth-order valence-electron chi connectivity index (χ4n) is 1.30. The molecule has 0 saturated heterocycles. The summed E-state index contributed by atoms with van der Waals surface area (Å²) in [6.45, 7) is 0. The first-order valence-corrected chi connectivity index (χ1v) is 6.14. The molecule has 1 aliphatic heterocycles. The van der Waals surface area contributed by atoms with E-state index in [0.29, 0.717) is 5.41 Å². The van der Waals surface area contributed by atoms with Gasteiger partial charge in [-0.1, -0.05) is 12.1 Å². The van der Waals surface area contributed by atoms with Crippen LogP contribution in [0.2, 0.25) is 0 Å². The Morgan fingerprint density at radius 2 is 1.83 bits per heavy atom. The second kappa shape index (κ2) is 4.13. The molecule has 0 fully saturated rings. The van der Waals surface area contributed by atoms with Crippen LogP contribution in [-0.2, 0) is 16.2 Å². The molecule has 0 unspecified atom stereocenters. The molecule has 0 bridgehead atoms. The van der Waals surface area contributed by atoms with Crippen LogP contribution in [-0.4, -0.2) is 14.6 Å². The first-order chi connectivity index (χ1) is 8.28. The molecule has 0 aliphatic carbocycles. The Balaban J connectivity index is 2.35. The molecule has 4 nitrogen and oxygen atoms in total.